The number of benzene rings is 1. The molecule has 3 heterocycles. The van der Waals surface area contributed by atoms with Gasteiger partial charge in [0.05, 0.1) is 13.2 Å². The van der Waals surface area contributed by atoms with Gasteiger partial charge in [-0.25, -0.2) is 0 Å². The first-order chi connectivity index (χ1) is 13.3. The second-order valence-corrected chi connectivity index (χ2v) is 7.99. The van der Waals surface area contributed by atoms with Crippen molar-refractivity contribution >= 4 is 17.7 Å². The van der Waals surface area contributed by atoms with Crippen LogP contribution < -0.4 is 0 Å². The van der Waals surface area contributed by atoms with Crippen molar-refractivity contribution in [3.05, 3.63) is 59.9 Å². The summed E-state index contributed by atoms with van der Waals surface area (Å²) in [6.07, 6.45) is 5.57. The van der Waals surface area contributed by atoms with E-state index in [4.69, 9.17) is 9.47 Å². The summed E-state index contributed by atoms with van der Waals surface area (Å²) >= 11 is 1.75. The van der Waals surface area contributed by atoms with Gasteiger partial charge in [0.2, 0.25) is 0 Å². The van der Waals surface area contributed by atoms with Gasteiger partial charge in [0, 0.05) is 47.6 Å². The molecule has 6 heteroatoms. The number of hydrogen-bond donors (Lipinski definition) is 0. The minimum Gasteiger partial charge on any atom is -0.350 e. The minimum atomic E-state index is -0.146. The van der Waals surface area contributed by atoms with E-state index in [-0.39, 0.29) is 18.1 Å². The van der Waals surface area contributed by atoms with Crippen LogP contribution in [-0.4, -0.2) is 48.4 Å². The summed E-state index contributed by atoms with van der Waals surface area (Å²) in [5.41, 5.74) is 1.94. The number of amides is 1. The monoisotopic (exact) mass is 384 g/mol. The highest BCUT2D eigenvalue weighted by Gasteiger charge is 2.33. The zero-order valence-corrected chi connectivity index (χ0v) is 16.1. The molecule has 5 nitrogen and oxygen atoms in total. The molecule has 1 amide bonds. The molecule has 2 aliphatic heterocycles. The third kappa shape index (κ3) is 4.69. The fraction of sp³-hybridized carbons (Fsp3) is 0.429. The molecule has 0 N–H and O–H groups in total. The molecule has 1 aromatic carbocycles. The molecule has 1 aromatic heterocycles. The second-order valence-electron chi connectivity index (χ2n) is 6.94. The van der Waals surface area contributed by atoms with Gasteiger partial charge in [0.25, 0.3) is 5.91 Å². The first-order valence-corrected chi connectivity index (χ1v) is 10.4. The van der Waals surface area contributed by atoms with E-state index in [9.17, 15) is 4.79 Å². The Balaban J connectivity index is 1.34. The maximum absolute atomic E-state index is 12.9. The van der Waals surface area contributed by atoms with Crippen LogP contribution >= 0.6 is 11.8 Å². The third-order valence-corrected chi connectivity index (χ3v) is 6.09. The quantitative estimate of drug-likeness (QED) is 0.738. The fourth-order valence-electron chi connectivity index (χ4n) is 3.59. The van der Waals surface area contributed by atoms with E-state index in [0.29, 0.717) is 19.8 Å². The van der Waals surface area contributed by atoms with Crippen LogP contribution in [0.25, 0.3) is 0 Å². The topological polar surface area (TPSA) is 51.7 Å². The molecule has 1 unspecified atom stereocenters. The Kier molecular flexibility index (Phi) is 6.07. The zero-order valence-electron chi connectivity index (χ0n) is 15.3. The van der Waals surface area contributed by atoms with E-state index in [1.807, 2.05) is 41.4 Å². The Morgan fingerprint density at radius 3 is 2.74 bits per heavy atom. The lowest BCUT2D eigenvalue weighted by Gasteiger charge is -2.34. The van der Waals surface area contributed by atoms with Gasteiger partial charge in [-0.3, -0.25) is 9.78 Å². The highest BCUT2D eigenvalue weighted by Crippen LogP contribution is 2.27. The third-order valence-electron chi connectivity index (χ3n) is 5.01. The lowest BCUT2D eigenvalue weighted by Crippen LogP contribution is -2.43. The van der Waals surface area contributed by atoms with Crippen LogP contribution in [0.4, 0.5) is 0 Å². The Labute approximate surface area is 164 Å². The summed E-state index contributed by atoms with van der Waals surface area (Å²) in [5.74, 6) is 1.25. The fourth-order valence-corrected chi connectivity index (χ4v) is 4.42. The highest BCUT2D eigenvalue weighted by molar-refractivity contribution is 7.98. The van der Waals surface area contributed by atoms with Crippen LogP contribution in [0, 0.1) is 5.92 Å². The Morgan fingerprint density at radius 2 is 2.00 bits per heavy atom. The summed E-state index contributed by atoms with van der Waals surface area (Å²) in [7, 11) is 0. The van der Waals surface area contributed by atoms with Gasteiger partial charge in [-0.2, -0.15) is 0 Å². The molecule has 0 spiro atoms. The Hall–Kier alpha value is -1.89. The lowest BCUT2D eigenvalue weighted by molar-refractivity contribution is -0.0969. The number of piperidine rings is 1. The SMILES string of the molecule is O=C(c1ccc(SCc2cccnc2)cc1)N1CCCC(C2OCCO2)C1. The smallest absolute Gasteiger partial charge is 0.253 e. The summed E-state index contributed by atoms with van der Waals surface area (Å²) in [6.45, 7) is 2.83. The van der Waals surface area contributed by atoms with Crippen LogP contribution in [0.2, 0.25) is 0 Å². The largest absolute Gasteiger partial charge is 0.350 e. The highest BCUT2D eigenvalue weighted by atomic mass is 32.2. The van der Waals surface area contributed by atoms with Gasteiger partial charge >= 0.3 is 0 Å². The number of aromatic nitrogens is 1. The van der Waals surface area contributed by atoms with Crippen LogP contribution in [0.3, 0.4) is 0 Å². The van der Waals surface area contributed by atoms with Crippen molar-refractivity contribution in [3.8, 4) is 0 Å². The maximum Gasteiger partial charge on any atom is 0.253 e. The zero-order chi connectivity index (χ0) is 18.5. The summed E-state index contributed by atoms with van der Waals surface area (Å²) in [5, 5.41) is 0. The van der Waals surface area contributed by atoms with E-state index in [0.717, 1.165) is 35.6 Å². The van der Waals surface area contributed by atoms with Gasteiger partial charge in [-0.1, -0.05) is 6.07 Å². The minimum absolute atomic E-state index is 0.0986. The van der Waals surface area contributed by atoms with Crippen LogP contribution in [0.15, 0.2) is 53.7 Å². The number of hydrogen-bond acceptors (Lipinski definition) is 5. The molecular formula is C21H24N2O3S. The Bertz CT molecular complexity index is 748. The predicted octanol–water partition coefficient (Wildman–Crippen LogP) is 3.60. The van der Waals surface area contributed by atoms with E-state index in [2.05, 4.69) is 11.1 Å². The van der Waals surface area contributed by atoms with Crippen LogP contribution in [-0.2, 0) is 15.2 Å². The first kappa shape index (κ1) is 18.5. The predicted molar refractivity (Wildman–Crippen MR) is 105 cm³/mol. The van der Waals surface area contributed by atoms with Gasteiger partial charge in [0.1, 0.15) is 0 Å². The Morgan fingerprint density at radius 1 is 1.19 bits per heavy atom. The van der Waals surface area contributed by atoms with Crippen molar-refractivity contribution in [2.45, 2.75) is 29.8 Å². The molecule has 0 aliphatic carbocycles. The molecule has 1 atom stereocenters. The summed E-state index contributed by atoms with van der Waals surface area (Å²) in [6, 6.07) is 11.9. The molecule has 0 saturated carbocycles. The van der Waals surface area contributed by atoms with Gasteiger partial charge in [-0.15, -0.1) is 11.8 Å². The van der Waals surface area contributed by atoms with Crippen molar-refractivity contribution in [3.63, 3.8) is 0 Å². The number of ether oxygens (including phenoxy) is 2. The van der Waals surface area contributed by atoms with E-state index in [1.54, 1.807) is 18.0 Å². The van der Waals surface area contributed by atoms with Gasteiger partial charge < -0.3 is 14.4 Å². The normalized spacial score (nSPS) is 20.7. The number of rotatable bonds is 5. The molecule has 142 valence electrons. The van der Waals surface area contributed by atoms with E-state index >= 15 is 0 Å². The van der Waals surface area contributed by atoms with Crippen molar-refractivity contribution in [1.82, 2.24) is 9.88 Å². The molecule has 27 heavy (non-hydrogen) atoms. The van der Waals surface area contributed by atoms with Crippen molar-refractivity contribution < 1.29 is 14.3 Å². The van der Waals surface area contributed by atoms with Gasteiger partial charge in [-0.05, 0) is 48.7 Å². The lowest BCUT2D eigenvalue weighted by atomic mass is 9.96. The molecule has 0 radical (unpaired) electrons. The molecule has 2 aliphatic rings. The molecule has 0 bridgehead atoms. The number of carbonyl (C=O) groups excluding carboxylic acids is 1. The van der Waals surface area contributed by atoms with Crippen LogP contribution in [0.1, 0.15) is 28.8 Å². The molecular weight excluding hydrogens is 360 g/mol. The first-order valence-electron chi connectivity index (χ1n) is 9.44. The van der Waals surface area contributed by atoms with Crippen molar-refractivity contribution in [2.75, 3.05) is 26.3 Å². The number of carbonyl (C=O) groups is 1. The van der Waals surface area contributed by atoms with Crippen molar-refractivity contribution in [2.24, 2.45) is 5.92 Å². The molecule has 2 fully saturated rings. The summed E-state index contributed by atoms with van der Waals surface area (Å²) in [4.78, 5) is 20.1. The number of nitrogens with zero attached hydrogens (tertiary/aromatic N) is 2. The van der Waals surface area contributed by atoms with Gasteiger partial charge in [0.15, 0.2) is 6.29 Å². The van der Waals surface area contributed by atoms with Crippen LogP contribution in [0.5, 0.6) is 0 Å². The second kappa shape index (κ2) is 8.87. The van der Waals surface area contributed by atoms with E-state index in [1.165, 1.54) is 5.56 Å². The number of thioether (sulfide) groups is 1. The molecule has 2 saturated heterocycles. The van der Waals surface area contributed by atoms with Crippen molar-refractivity contribution in [1.29, 1.82) is 0 Å². The number of likely N-dealkylation sites (tertiary alicyclic amines) is 1. The maximum atomic E-state index is 12.9. The molecule has 2 aromatic rings. The summed E-state index contributed by atoms with van der Waals surface area (Å²) < 4.78 is 11.3. The van der Waals surface area contributed by atoms with E-state index < -0.39 is 0 Å². The average Bonchev–Trinajstić information content (AvgIpc) is 3.28. The number of pyridine rings is 1. The standard InChI is InChI=1S/C21H24N2O3S/c24-20(23-10-2-4-18(14-23)21-25-11-12-26-21)17-5-7-19(8-6-17)27-15-16-3-1-9-22-13-16/h1,3,5-9,13,18,21H,2,4,10-12,14-15H2. The average molecular weight is 385 g/mol. The molecule has 4 rings (SSSR count).